The third-order valence-corrected chi connectivity index (χ3v) is 6.11. The van der Waals surface area contributed by atoms with E-state index in [0.717, 1.165) is 29.2 Å². The van der Waals surface area contributed by atoms with E-state index in [-0.39, 0.29) is 17.5 Å². The molecular weight excluding hydrogens is 402 g/mol. The van der Waals surface area contributed by atoms with Crippen LogP contribution >= 0.6 is 0 Å². The first-order chi connectivity index (χ1) is 15.7. The van der Waals surface area contributed by atoms with Crippen molar-refractivity contribution in [2.45, 2.75) is 38.7 Å². The molecule has 1 fully saturated rings. The molecule has 2 aromatic carbocycles. The highest BCUT2D eigenvalue weighted by Gasteiger charge is 2.19. The number of methoxy groups -OCH3 is 1. The van der Waals surface area contributed by atoms with Crippen molar-refractivity contribution in [1.82, 2.24) is 10.3 Å². The molecule has 1 aliphatic carbocycles. The molecule has 0 aliphatic heterocycles. The van der Waals surface area contributed by atoms with Crippen molar-refractivity contribution in [3.8, 4) is 0 Å². The van der Waals surface area contributed by atoms with Crippen molar-refractivity contribution in [1.29, 1.82) is 0 Å². The minimum atomic E-state index is -0.278. The number of carbonyl (C=O) groups is 2. The number of ether oxygens (including phenoxy) is 1. The smallest absolute Gasteiger partial charge is 0.272 e. The van der Waals surface area contributed by atoms with Crippen LogP contribution in [0, 0.1) is 5.92 Å². The summed E-state index contributed by atoms with van der Waals surface area (Å²) < 4.78 is 5.29. The first-order valence-corrected chi connectivity index (χ1v) is 11.2. The summed E-state index contributed by atoms with van der Waals surface area (Å²) in [5.41, 5.74) is 2.20. The molecule has 0 unspecified atom stereocenters. The molecule has 1 aliphatic rings. The van der Waals surface area contributed by atoms with E-state index in [1.54, 1.807) is 31.5 Å². The van der Waals surface area contributed by atoms with Crippen LogP contribution in [0.15, 0.2) is 54.7 Å². The van der Waals surface area contributed by atoms with Gasteiger partial charge in [-0.2, -0.15) is 0 Å². The second-order valence-corrected chi connectivity index (χ2v) is 8.32. The number of fused-ring (bicyclic) bond motifs is 1. The minimum absolute atomic E-state index is 0.233. The first kappa shape index (κ1) is 22.0. The van der Waals surface area contributed by atoms with Gasteiger partial charge in [-0.1, -0.05) is 49.6 Å². The van der Waals surface area contributed by atoms with Crippen molar-refractivity contribution in [3.05, 3.63) is 71.5 Å². The lowest BCUT2D eigenvalue weighted by Gasteiger charge is -2.21. The summed E-state index contributed by atoms with van der Waals surface area (Å²) >= 11 is 0. The van der Waals surface area contributed by atoms with Gasteiger partial charge < -0.3 is 15.4 Å². The Morgan fingerprint density at radius 1 is 0.969 bits per heavy atom. The number of hydrogen-bond donors (Lipinski definition) is 2. The minimum Gasteiger partial charge on any atom is -0.380 e. The maximum absolute atomic E-state index is 13.2. The highest BCUT2D eigenvalue weighted by Crippen LogP contribution is 2.25. The fraction of sp³-hybridized carbons (Fsp3) is 0.346. The molecule has 0 atom stereocenters. The van der Waals surface area contributed by atoms with E-state index in [0.29, 0.717) is 30.3 Å². The molecule has 2 amide bonds. The number of hydrogen-bond acceptors (Lipinski definition) is 4. The molecule has 0 bridgehead atoms. The van der Waals surface area contributed by atoms with E-state index in [4.69, 9.17) is 4.74 Å². The van der Waals surface area contributed by atoms with Crippen molar-refractivity contribution in [3.63, 3.8) is 0 Å². The van der Waals surface area contributed by atoms with Crippen molar-refractivity contribution in [2.75, 3.05) is 19.0 Å². The number of benzene rings is 2. The van der Waals surface area contributed by atoms with Gasteiger partial charge in [0.05, 0.1) is 12.3 Å². The molecule has 3 aromatic rings. The van der Waals surface area contributed by atoms with Crippen molar-refractivity contribution >= 4 is 28.3 Å². The highest BCUT2D eigenvalue weighted by molar-refractivity contribution is 6.15. The lowest BCUT2D eigenvalue weighted by molar-refractivity contribution is 0.0939. The predicted molar refractivity (Wildman–Crippen MR) is 126 cm³/mol. The van der Waals surface area contributed by atoms with E-state index >= 15 is 0 Å². The Bertz CT molecular complexity index is 1110. The zero-order valence-electron chi connectivity index (χ0n) is 18.4. The molecule has 2 N–H and O–H groups in total. The van der Waals surface area contributed by atoms with Gasteiger partial charge in [0.25, 0.3) is 11.8 Å². The zero-order chi connectivity index (χ0) is 22.3. The first-order valence-electron chi connectivity index (χ1n) is 11.2. The Morgan fingerprint density at radius 2 is 1.75 bits per heavy atom. The van der Waals surface area contributed by atoms with Crippen LogP contribution in [0.4, 0.5) is 5.69 Å². The van der Waals surface area contributed by atoms with E-state index < -0.39 is 0 Å². The number of aromatic nitrogens is 1. The second kappa shape index (κ2) is 10.4. The van der Waals surface area contributed by atoms with Gasteiger partial charge in [0.1, 0.15) is 0 Å². The topological polar surface area (TPSA) is 80.3 Å². The molecule has 1 aromatic heterocycles. The van der Waals surface area contributed by atoms with Gasteiger partial charge >= 0.3 is 0 Å². The third-order valence-electron chi connectivity index (χ3n) is 6.11. The molecule has 4 rings (SSSR count). The zero-order valence-corrected chi connectivity index (χ0v) is 18.4. The SMILES string of the molecule is COCc1ccc(C(=O)Nc2cccnc2C(=O)NCC2CCCCC2)c2ccccc12. The Morgan fingerprint density at radius 3 is 2.53 bits per heavy atom. The average molecular weight is 432 g/mol. The van der Waals surface area contributed by atoms with Gasteiger partial charge in [-0.15, -0.1) is 0 Å². The van der Waals surface area contributed by atoms with Gasteiger partial charge in [0, 0.05) is 25.4 Å². The number of nitrogens with one attached hydrogen (secondary N) is 2. The van der Waals surface area contributed by atoms with Gasteiger partial charge in [0.2, 0.25) is 0 Å². The summed E-state index contributed by atoms with van der Waals surface area (Å²) in [6.45, 7) is 1.12. The molecule has 166 valence electrons. The lowest BCUT2D eigenvalue weighted by Crippen LogP contribution is -2.31. The van der Waals surface area contributed by atoms with E-state index in [1.807, 2.05) is 30.3 Å². The largest absolute Gasteiger partial charge is 0.380 e. The maximum atomic E-state index is 13.2. The molecule has 0 saturated heterocycles. The van der Waals surface area contributed by atoms with Crippen LogP contribution in [-0.4, -0.2) is 30.5 Å². The molecular formula is C26H29N3O3. The van der Waals surface area contributed by atoms with Crippen LogP contribution in [0.5, 0.6) is 0 Å². The van der Waals surface area contributed by atoms with Crippen molar-refractivity contribution in [2.24, 2.45) is 5.92 Å². The molecule has 1 heterocycles. The Hall–Kier alpha value is -3.25. The van der Waals surface area contributed by atoms with Crippen LogP contribution in [0.25, 0.3) is 10.8 Å². The van der Waals surface area contributed by atoms with E-state index in [1.165, 1.54) is 19.3 Å². The van der Waals surface area contributed by atoms with Gasteiger partial charge in [-0.3, -0.25) is 9.59 Å². The Labute approximate surface area is 188 Å². The van der Waals surface area contributed by atoms with E-state index in [2.05, 4.69) is 15.6 Å². The van der Waals surface area contributed by atoms with E-state index in [9.17, 15) is 9.59 Å². The monoisotopic (exact) mass is 431 g/mol. The summed E-state index contributed by atoms with van der Waals surface area (Å²) in [5.74, 6) is -0.0160. The number of pyridine rings is 1. The summed E-state index contributed by atoms with van der Waals surface area (Å²) in [7, 11) is 1.65. The normalized spacial score (nSPS) is 14.3. The number of nitrogens with zero attached hydrogens (tertiary/aromatic N) is 1. The number of amides is 2. The Balaban J connectivity index is 1.53. The van der Waals surface area contributed by atoms with Crippen LogP contribution in [0.3, 0.4) is 0 Å². The molecule has 0 spiro atoms. The van der Waals surface area contributed by atoms with Crippen LogP contribution in [0.2, 0.25) is 0 Å². The molecule has 6 nitrogen and oxygen atoms in total. The standard InChI is InChI=1S/C26H29N3O3/c1-32-17-19-13-14-22(21-11-6-5-10-20(19)21)25(30)29-23-12-7-15-27-24(23)26(31)28-16-18-8-3-2-4-9-18/h5-7,10-15,18H,2-4,8-9,16-17H2,1H3,(H,28,31)(H,29,30). The summed E-state index contributed by atoms with van der Waals surface area (Å²) in [4.78, 5) is 30.2. The number of rotatable bonds is 7. The van der Waals surface area contributed by atoms with Crippen LogP contribution in [-0.2, 0) is 11.3 Å². The lowest BCUT2D eigenvalue weighted by atomic mass is 9.89. The van der Waals surface area contributed by atoms with Gasteiger partial charge in [-0.05, 0) is 53.3 Å². The van der Waals surface area contributed by atoms with Crippen molar-refractivity contribution < 1.29 is 14.3 Å². The fourth-order valence-electron chi connectivity index (χ4n) is 4.43. The predicted octanol–water partition coefficient (Wildman–Crippen LogP) is 4.94. The molecule has 6 heteroatoms. The van der Waals surface area contributed by atoms with Crippen LogP contribution < -0.4 is 10.6 Å². The maximum Gasteiger partial charge on any atom is 0.272 e. The summed E-state index contributed by atoms with van der Waals surface area (Å²) in [5, 5.41) is 7.71. The van der Waals surface area contributed by atoms with Gasteiger partial charge in [-0.25, -0.2) is 4.98 Å². The molecule has 32 heavy (non-hydrogen) atoms. The highest BCUT2D eigenvalue weighted by atomic mass is 16.5. The summed E-state index contributed by atoms with van der Waals surface area (Å²) in [6.07, 6.45) is 7.60. The number of carbonyl (C=O) groups excluding carboxylic acids is 2. The van der Waals surface area contributed by atoms with Crippen LogP contribution in [0.1, 0.15) is 58.5 Å². The third kappa shape index (κ3) is 4.97. The number of anilines is 1. The molecule has 0 radical (unpaired) electrons. The summed E-state index contributed by atoms with van der Waals surface area (Å²) in [6, 6.07) is 14.9. The molecule has 1 saturated carbocycles. The average Bonchev–Trinajstić information content (AvgIpc) is 2.84. The fourth-order valence-corrected chi connectivity index (χ4v) is 4.43. The quantitative estimate of drug-likeness (QED) is 0.555. The second-order valence-electron chi connectivity index (χ2n) is 8.32. The van der Waals surface area contributed by atoms with Gasteiger partial charge in [0.15, 0.2) is 5.69 Å². The Kier molecular flexibility index (Phi) is 7.12.